The third-order valence-corrected chi connectivity index (χ3v) is 3.54. The van der Waals surface area contributed by atoms with E-state index in [1.807, 2.05) is 0 Å². The van der Waals surface area contributed by atoms with Gasteiger partial charge in [-0.05, 0) is 49.9 Å². The van der Waals surface area contributed by atoms with Crippen molar-refractivity contribution < 1.29 is 0 Å². The average Bonchev–Trinajstić information content (AvgIpc) is 2.43. The molecule has 0 aromatic heterocycles. The van der Waals surface area contributed by atoms with Gasteiger partial charge in [0.05, 0.1) is 0 Å². The van der Waals surface area contributed by atoms with E-state index in [4.69, 9.17) is 0 Å². The molecule has 0 aliphatic heterocycles. The van der Waals surface area contributed by atoms with E-state index in [9.17, 15) is 0 Å². The predicted octanol–water partition coefficient (Wildman–Crippen LogP) is 3.76. The van der Waals surface area contributed by atoms with Crippen molar-refractivity contribution in [3.8, 4) is 0 Å². The van der Waals surface area contributed by atoms with Crippen LogP contribution in [0, 0.1) is 6.92 Å². The number of rotatable bonds is 6. The zero-order valence-electron chi connectivity index (χ0n) is 11.9. The van der Waals surface area contributed by atoms with Gasteiger partial charge in [-0.25, -0.2) is 0 Å². The van der Waals surface area contributed by atoms with Gasteiger partial charge in [-0.3, -0.25) is 0 Å². The van der Waals surface area contributed by atoms with Crippen molar-refractivity contribution in [3.05, 3.63) is 71.3 Å². The third kappa shape index (κ3) is 4.53. The number of hydrogen-bond acceptors (Lipinski definition) is 1. The lowest BCUT2D eigenvalue weighted by atomic mass is 10.0. The van der Waals surface area contributed by atoms with E-state index in [1.165, 1.54) is 16.7 Å². The largest absolute Gasteiger partial charge is 0.314 e. The van der Waals surface area contributed by atoms with E-state index in [2.05, 4.69) is 73.8 Å². The lowest BCUT2D eigenvalue weighted by Crippen LogP contribution is -2.30. The molecule has 2 aromatic carbocycles. The molecule has 1 heteroatoms. The van der Waals surface area contributed by atoms with E-state index in [-0.39, 0.29) is 0 Å². The second-order valence-corrected chi connectivity index (χ2v) is 5.22. The summed E-state index contributed by atoms with van der Waals surface area (Å²) in [6.07, 6.45) is 2.19. The average molecular weight is 253 g/mol. The summed E-state index contributed by atoms with van der Waals surface area (Å²) in [7, 11) is 0. The summed E-state index contributed by atoms with van der Waals surface area (Å²) in [4.78, 5) is 0. The smallest absolute Gasteiger partial charge is 0.00793 e. The summed E-state index contributed by atoms with van der Waals surface area (Å²) in [5.74, 6) is 0. The molecule has 19 heavy (non-hydrogen) atoms. The highest BCUT2D eigenvalue weighted by Crippen LogP contribution is 2.09. The Bertz CT molecular complexity index is 490. The summed E-state index contributed by atoms with van der Waals surface area (Å²) in [6, 6.07) is 19.8. The normalized spacial score (nSPS) is 12.3. The maximum atomic E-state index is 3.61. The Kier molecular flexibility index (Phi) is 5.17. The van der Waals surface area contributed by atoms with Crippen molar-refractivity contribution in [1.29, 1.82) is 0 Å². The minimum Gasteiger partial charge on any atom is -0.314 e. The number of benzene rings is 2. The summed E-state index contributed by atoms with van der Waals surface area (Å²) < 4.78 is 0. The molecule has 1 nitrogen and oxygen atoms in total. The van der Waals surface area contributed by atoms with Crippen molar-refractivity contribution in [2.75, 3.05) is 6.54 Å². The first kappa shape index (κ1) is 13.8. The zero-order valence-corrected chi connectivity index (χ0v) is 11.9. The Morgan fingerprint density at radius 3 is 2.37 bits per heavy atom. The summed E-state index contributed by atoms with van der Waals surface area (Å²) in [5.41, 5.74) is 4.24. The first-order valence-corrected chi connectivity index (χ1v) is 7.07. The molecule has 1 unspecified atom stereocenters. The molecule has 0 aliphatic carbocycles. The van der Waals surface area contributed by atoms with Gasteiger partial charge < -0.3 is 5.32 Å². The highest BCUT2D eigenvalue weighted by molar-refractivity contribution is 5.26. The SMILES string of the molecule is Cc1ccccc1CC(C)NCCc1ccccc1. The number of aryl methyl sites for hydroxylation is 1. The monoisotopic (exact) mass is 253 g/mol. The Hall–Kier alpha value is -1.60. The second kappa shape index (κ2) is 7.10. The molecule has 0 bridgehead atoms. The van der Waals surface area contributed by atoms with Crippen LogP contribution in [0.4, 0.5) is 0 Å². The molecular weight excluding hydrogens is 230 g/mol. The van der Waals surface area contributed by atoms with E-state index in [0.29, 0.717) is 6.04 Å². The molecule has 1 N–H and O–H groups in total. The van der Waals surface area contributed by atoms with Crippen molar-refractivity contribution >= 4 is 0 Å². The second-order valence-electron chi connectivity index (χ2n) is 5.22. The Morgan fingerprint density at radius 2 is 1.63 bits per heavy atom. The van der Waals surface area contributed by atoms with Gasteiger partial charge >= 0.3 is 0 Å². The van der Waals surface area contributed by atoms with Crippen LogP contribution in [-0.2, 0) is 12.8 Å². The molecule has 0 saturated heterocycles. The van der Waals surface area contributed by atoms with Crippen LogP contribution < -0.4 is 5.32 Å². The number of hydrogen-bond donors (Lipinski definition) is 1. The van der Waals surface area contributed by atoms with Crippen molar-refractivity contribution in [2.45, 2.75) is 32.7 Å². The van der Waals surface area contributed by atoms with Crippen molar-refractivity contribution in [1.82, 2.24) is 5.32 Å². The van der Waals surface area contributed by atoms with Crippen LogP contribution in [0.25, 0.3) is 0 Å². The van der Waals surface area contributed by atoms with Gasteiger partial charge in [0.2, 0.25) is 0 Å². The molecule has 0 radical (unpaired) electrons. The van der Waals surface area contributed by atoms with Gasteiger partial charge in [0, 0.05) is 6.04 Å². The lowest BCUT2D eigenvalue weighted by Gasteiger charge is -2.15. The van der Waals surface area contributed by atoms with Crippen molar-refractivity contribution in [2.24, 2.45) is 0 Å². The maximum Gasteiger partial charge on any atom is 0.00793 e. The van der Waals surface area contributed by atoms with Crippen LogP contribution in [0.3, 0.4) is 0 Å². The minimum absolute atomic E-state index is 0.518. The van der Waals surface area contributed by atoms with Crippen molar-refractivity contribution in [3.63, 3.8) is 0 Å². The van der Waals surface area contributed by atoms with Crippen LogP contribution in [0.5, 0.6) is 0 Å². The fourth-order valence-corrected chi connectivity index (χ4v) is 2.35. The summed E-state index contributed by atoms with van der Waals surface area (Å²) in [5, 5.41) is 3.61. The first-order chi connectivity index (χ1) is 9.25. The van der Waals surface area contributed by atoms with Gasteiger partial charge in [-0.2, -0.15) is 0 Å². The van der Waals surface area contributed by atoms with Gasteiger partial charge in [0.15, 0.2) is 0 Å². The number of nitrogens with one attached hydrogen (secondary N) is 1. The van der Waals surface area contributed by atoms with Gasteiger partial charge in [0.25, 0.3) is 0 Å². The van der Waals surface area contributed by atoms with E-state index in [1.54, 1.807) is 0 Å². The van der Waals surface area contributed by atoms with Crippen LogP contribution in [0.1, 0.15) is 23.6 Å². The van der Waals surface area contributed by atoms with Crippen LogP contribution >= 0.6 is 0 Å². The van der Waals surface area contributed by atoms with E-state index < -0.39 is 0 Å². The lowest BCUT2D eigenvalue weighted by molar-refractivity contribution is 0.547. The standard InChI is InChI=1S/C18H23N/c1-15-8-6-7-11-18(15)14-16(2)19-13-12-17-9-4-3-5-10-17/h3-11,16,19H,12-14H2,1-2H3. The first-order valence-electron chi connectivity index (χ1n) is 7.07. The maximum absolute atomic E-state index is 3.61. The molecule has 0 aliphatic rings. The van der Waals surface area contributed by atoms with E-state index in [0.717, 1.165) is 19.4 Å². The van der Waals surface area contributed by atoms with Crippen LogP contribution in [0.2, 0.25) is 0 Å². The molecule has 0 fully saturated rings. The fraction of sp³-hybridized carbons (Fsp3) is 0.333. The zero-order chi connectivity index (χ0) is 13.5. The molecule has 0 amide bonds. The van der Waals surface area contributed by atoms with Gasteiger partial charge in [-0.15, -0.1) is 0 Å². The Balaban J connectivity index is 1.76. The Morgan fingerprint density at radius 1 is 0.947 bits per heavy atom. The minimum atomic E-state index is 0.518. The molecular formula is C18H23N. The molecule has 1 atom stereocenters. The molecule has 2 aromatic rings. The molecule has 0 spiro atoms. The van der Waals surface area contributed by atoms with Crippen LogP contribution in [0.15, 0.2) is 54.6 Å². The van der Waals surface area contributed by atoms with Gasteiger partial charge in [-0.1, -0.05) is 54.6 Å². The Labute approximate surface area is 116 Å². The molecule has 0 heterocycles. The van der Waals surface area contributed by atoms with Crippen LogP contribution in [-0.4, -0.2) is 12.6 Å². The highest BCUT2D eigenvalue weighted by atomic mass is 14.9. The topological polar surface area (TPSA) is 12.0 Å². The molecule has 100 valence electrons. The summed E-state index contributed by atoms with van der Waals surface area (Å²) >= 11 is 0. The predicted molar refractivity (Wildman–Crippen MR) is 82.5 cm³/mol. The quantitative estimate of drug-likeness (QED) is 0.826. The fourth-order valence-electron chi connectivity index (χ4n) is 2.35. The molecule has 2 rings (SSSR count). The van der Waals surface area contributed by atoms with Gasteiger partial charge in [0.1, 0.15) is 0 Å². The van der Waals surface area contributed by atoms with E-state index >= 15 is 0 Å². The third-order valence-electron chi connectivity index (χ3n) is 3.54. The molecule has 0 saturated carbocycles. The summed E-state index contributed by atoms with van der Waals surface area (Å²) in [6.45, 7) is 5.49. The highest BCUT2D eigenvalue weighted by Gasteiger charge is 2.04.